The second-order valence-electron chi connectivity index (χ2n) is 10.5. The average molecular weight is 628 g/mol. The van der Waals surface area contributed by atoms with Crippen molar-refractivity contribution >= 4 is 34.1 Å². The van der Waals surface area contributed by atoms with Crippen LogP contribution in [0.25, 0.3) is 0 Å². The van der Waals surface area contributed by atoms with Crippen molar-refractivity contribution in [1.29, 1.82) is 0 Å². The molecule has 0 atom stereocenters. The molecule has 0 aliphatic carbocycles. The molecule has 6 rings (SSSR count). The Balaban J connectivity index is 0.000000160. The number of nitrogens with two attached hydrogens (primary N) is 3. The zero-order valence-corrected chi connectivity index (χ0v) is 26.6. The first-order chi connectivity index (χ1) is 22.9. The Morgan fingerprint density at radius 3 is 1.51 bits per heavy atom. The van der Waals surface area contributed by atoms with E-state index < -0.39 is 0 Å². The largest absolute Gasteiger partial charge is 0.397 e. The maximum absolute atomic E-state index is 5.87. The lowest BCUT2D eigenvalue weighted by atomic mass is 10.2. The van der Waals surface area contributed by atoms with Gasteiger partial charge in [-0.05, 0) is 80.1 Å². The molecule has 6 aromatic rings. The Hall–Kier alpha value is -6.23. The summed E-state index contributed by atoms with van der Waals surface area (Å²) in [5.74, 6) is 0. The van der Waals surface area contributed by atoms with Crippen molar-refractivity contribution in [2.24, 2.45) is 0 Å². The number of hydrogen-bond donors (Lipinski definition) is 6. The molecule has 0 saturated heterocycles. The summed E-state index contributed by atoms with van der Waals surface area (Å²) in [4.78, 5) is 20.7. The second kappa shape index (κ2) is 17.9. The fraction of sp³-hybridized carbons (Fsp3) is 0.139. The number of aryl methyl sites for hydroxylation is 2. The van der Waals surface area contributed by atoms with E-state index in [2.05, 4.69) is 40.9 Å². The number of pyridine rings is 5. The number of hydrogen-bond acceptors (Lipinski definition) is 11. The van der Waals surface area contributed by atoms with Crippen LogP contribution in [0, 0.1) is 13.8 Å². The summed E-state index contributed by atoms with van der Waals surface area (Å²) in [6, 6.07) is 27.2. The summed E-state index contributed by atoms with van der Waals surface area (Å²) >= 11 is 0. The van der Waals surface area contributed by atoms with E-state index in [1.165, 1.54) is 5.56 Å². The van der Waals surface area contributed by atoms with Crippen LogP contribution in [-0.4, -0.2) is 24.9 Å². The number of benzene rings is 1. The summed E-state index contributed by atoms with van der Waals surface area (Å²) in [5.41, 5.74) is 27.3. The van der Waals surface area contributed by atoms with Crippen molar-refractivity contribution < 1.29 is 0 Å². The van der Waals surface area contributed by atoms with E-state index >= 15 is 0 Å². The normalized spacial score (nSPS) is 10.0. The molecule has 0 saturated carbocycles. The molecule has 47 heavy (non-hydrogen) atoms. The van der Waals surface area contributed by atoms with Gasteiger partial charge in [0.15, 0.2) is 0 Å². The Labute approximate surface area is 275 Å². The predicted octanol–water partition coefficient (Wildman–Crippen LogP) is 6.23. The van der Waals surface area contributed by atoms with Crippen molar-refractivity contribution in [3.63, 3.8) is 0 Å². The fourth-order valence-electron chi connectivity index (χ4n) is 4.18. The predicted molar refractivity (Wildman–Crippen MR) is 192 cm³/mol. The van der Waals surface area contributed by atoms with Crippen LogP contribution in [0.15, 0.2) is 122 Å². The van der Waals surface area contributed by atoms with Gasteiger partial charge in [0.25, 0.3) is 0 Å². The first-order valence-electron chi connectivity index (χ1n) is 15.1. The lowest BCUT2D eigenvalue weighted by Gasteiger charge is -2.09. The maximum atomic E-state index is 5.87. The summed E-state index contributed by atoms with van der Waals surface area (Å²) in [6.45, 7) is 5.99. The molecular weight excluding hydrogens is 586 g/mol. The van der Waals surface area contributed by atoms with Gasteiger partial charge in [0.1, 0.15) is 0 Å². The Bertz CT molecular complexity index is 1690. The molecule has 0 amide bonds. The highest BCUT2D eigenvalue weighted by Crippen LogP contribution is 2.20. The van der Waals surface area contributed by atoms with Crippen molar-refractivity contribution in [1.82, 2.24) is 24.9 Å². The lowest BCUT2D eigenvalue weighted by molar-refractivity contribution is 1.04. The van der Waals surface area contributed by atoms with Gasteiger partial charge in [0, 0.05) is 30.5 Å². The van der Waals surface area contributed by atoms with Crippen LogP contribution in [0.4, 0.5) is 34.1 Å². The molecule has 240 valence electrons. The number of rotatable bonds is 9. The molecule has 0 unspecified atom stereocenters. The van der Waals surface area contributed by atoms with E-state index in [0.29, 0.717) is 31.0 Å². The standard InChI is InChI=1S/C13H15N3.C12H14N4.C11H12N4/c1-10-5-6-12(14)13(8-10)16-9-11-4-2-3-7-15-11;1-9-6-12(11(13)8-15-9)16-7-10-4-2-3-5-14-10;12-10-8-13-6-4-11(10)15-7-9-3-1-2-5-14-9/h2-8,16H,9,14H2,1H3;2-6,8H,7,13H2,1H3,(H,15,16);1-6,8H,7,12H2,(H,13,15). The first kappa shape index (κ1) is 33.7. The summed E-state index contributed by atoms with van der Waals surface area (Å²) < 4.78 is 0. The van der Waals surface area contributed by atoms with Gasteiger partial charge in [-0.1, -0.05) is 24.3 Å². The Morgan fingerprint density at radius 1 is 0.489 bits per heavy atom. The molecule has 0 aliphatic heterocycles. The molecule has 5 heterocycles. The first-order valence-corrected chi connectivity index (χ1v) is 15.1. The van der Waals surface area contributed by atoms with E-state index in [1.54, 1.807) is 37.2 Å². The number of nitrogens with one attached hydrogen (secondary N) is 3. The number of nitrogens with zero attached hydrogens (tertiary/aromatic N) is 5. The second-order valence-corrected chi connectivity index (χ2v) is 10.5. The lowest BCUT2D eigenvalue weighted by Crippen LogP contribution is -2.04. The number of anilines is 6. The minimum absolute atomic E-state index is 0.647. The van der Waals surface area contributed by atoms with Gasteiger partial charge in [-0.3, -0.25) is 24.9 Å². The van der Waals surface area contributed by atoms with Crippen molar-refractivity contribution in [3.8, 4) is 0 Å². The molecule has 0 radical (unpaired) electrons. The van der Waals surface area contributed by atoms with Crippen LogP contribution in [-0.2, 0) is 19.6 Å². The zero-order chi connectivity index (χ0) is 33.3. The van der Waals surface area contributed by atoms with Gasteiger partial charge in [-0.25, -0.2) is 0 Å². The van der Waals surface area contributed by atoms with E-state index in [0.717, 1.165) is 45.5 Å². The summed E-state index contributed by atoms with van der Waals surface area (Å²) in [6.07, 6.45) is 10.3. The molecule has 5 aromatic heterocycles. The van der Waals surface area contributed by atoms with Gasteiger partial charge in [0.05, 0.1) is 83.2 Å². The minimum atomic E-state index is 0.647. The molecule has 1 aromatic carbocycles. The Kier molecular flexibility index (Phi) is 12.8. The number of nitrogen functional groups attached to an aromatic ring is 3. The third-order valence-corrected chi connectivity index (χ3v) is 6.69. The third kappa shape index (κ3) is 11.7. The monoisotopic (exact) mass is 627 g/mol. The minimum Gasteiger partial charge on any atom is -0.397 e. The van der Waals surface area contributed by atoms with Gasteiger partial charge in [-0.2, -0.15) is 0 Å². The van der Waals surface area contributed by atoms with Gasteiger partial charge in [0.2, 0.25) is 0 Å². The maximum Gasteiger partial charge on any atom is 0.0736 e. The highest BCUT2D eigenvalue weighted by atomic mass is 14.9. The molecule has 0 spiro atoms. The van der Waals surface area contributed by atoms with Crippen LogP contribution < -0.4 is 33.2 Å². The molecule has 0 bridgehead atoms. The quantitative estimate of drug-likeness (QED) is 0.100. The SMILES string of the molecule is Cc1cc(NCc2ccccn2)c(N)cn1.Cc1ccc(N)c(NCc2ccccn2)c1.Nc1cnccc1NCc1ccccn1. The van der Waals surface area contributed by atoms with Gasteiger partial charge in [-0.15, -0.1) is 0 Å². The average Bonchev–Trinajstić information content (AvgIpc) is 3.11. The van der Waals surface area contributed by atoms with Crippen molar-refractivity contribution in [3.05, 3.63) is 150 Å². The third-order valence-electron chi connectivity index (χ3n) is 6.69. The summed E-state index contributed by atoms with van der Waals surface area (Å²) in [5, 5.41) is 9.73. The van der Waals surface area contributed by atoms with Gasteiger partial charge < -0.3 is 33.2 Å². The van der Waals surface area contributed by atoms with Crippen LogP contribution in [0.1, 0.15) is 28.3 Å². The zero-order valence-electron chi connectivity index (χ0n) is 26.6. The smallest absolute Gasteiger partial charge is 0.0736 e. The van der Waals surface area contributed by atoms with E-state index in [-0.39, 0.29) is 0 Å². The summed E-state index contributed by atoms with van der Waals surface area (Å²) in [7, 11) is 0. The van der Waals surface area contributed by atoms with E-state index in [9.17, 15) is 0 Å². The molecule has 11 nitrogen and oxygen atoms in total. The highest BCUT2D eigenvalue weighted by Gasteiger charge is 2.01. The van der Waals surface area contributed by atoms with Crippen molar-refractivity contribution in [2.75, 3.05) is 33.2 Å². The van der Waals surface area contributed by atoms with Crippen LogP contribution in [0.3, 0.4) is 0 Å². The van der Waals surface area contributed by atoms with E-state index in [4.69, 9.17) is 17.2 Å². The molecule has 9 N–H and O–H groups in total. The highest BCUT2D eigenvalue weighted by molar-refractivity contribution is 5.67. The topological polar surface area (TPSA) is 179 Å². The molecule has 11 heteroatoms. The van der Waals surface area contributed by atoms with Crippen LogP contribution in [0.5, 0.6) is 0 Å². The number of aromatic nitrogens is 5. The Morgan fingerprint density at radius 2 is 1.00 bits per heavy atom. The van der Waals surface area contributed by atoms with Crippen LogP contribution >= 0.6 is 0 Å². The molecular formula is C36H41N11. The molecule has 0 fully saturated rings. The van der Waals surface area contributed by atoms with E-state index in [1.807, 2.05) is 98.8 Å². The fourth-order valence-corrected chi connectivity index (χ4v) is 4.18. The van der Waals surface area contributed by atoms with Crippen molar-refractivity contribution in [2.45, 2.75) is 33.5 Å². The van der Waals surface area contributed by atoms with Gasteiger partial charge >= 0.3 is 0 Å². The molecule has 0 aliphatic rings. The van der Waals surface area contributed by atoms with Crippen LogP contribution in [0.2, 0.25) is 0 Å².